The zero-order chi connectivity index (χ0) is 64.5. The molecule has 3 aliphatic rings. The number of aromatic nitrogens is 13. The Kier molecular flexibility index (Phi) is 17.7. The van der Waals surface area contributed by atoms with Gasteiger partial charge in [-0.3, -0.25) is 29.7 Å². The molecule has 1 unspecified atom stereocenters. The van der Waals surface area contributed by atoms with Gasteiger partial charge < -0.3 is 51.2 Å². The van der Waals surface area contributed by atoms with Crippen LogP contribution in [-0.4, -0.2) is 138 Å². The van der Waals surface area contributed by atoms with Crippen LogP contribution in [0.2, 0.25) is 0 Å². The topological polar surface area (TPSA) is 278 Å². The average Bonchev–Trinajstić information content (AvgIpc) is 1.20. The first kappa shape index (κ1) is 63.2. The molecule has 10 aromatic rings. The van der Waals surface area contributed by atoms with Gasteiger partial charge in [-0.15, -0.1) is 0 Å². The number of phenols is 3. The second kappa shape index (κ2) is 25.5. The summed E-state index contributed by atoms with van der Waals surface area (Å²) in [6.07, 6.45) is 29.9. The maximum absolute atomic E-state index is 10.7. The molecule has 0 saturated carbocycles. The summed E-state index contributed by atoms with van der Waals surface area (Å²) in [6.45, 7) is 26.3. The van der Waals surface area contributed by atoms with Crippen LogP contribution in [-0.2, 0) is 7.05 Å². The number of H-pyrrole nitrogens is 1. The molecule has 10 heterocycles. The Bertz CT molecular complexity index is 4070. The second-order valence-electron chi connectivity index (χ2n) is 28.0. The van der Waals surface area contributed by atoms with Crippen molar-refractivity contribution in [2.45, 2.75) is 154 Å². The Morgan fingerprint density at radius 3 is 1.48 bits per heavy atom. The summed E-state index contributed by atoms with van der Waals surface area (Å²) >= 11 is 0. The largest absolute Gasteiger partial charge is 0.507 e. The number of nitrogens with zero attached hydrogens (tertiary/aromatic N) is 13. The minimum Gasteiger partial charge on any atom is -0.507 e. The summed E-state index contributed by atoms with van der Waals surface area (Å²) in [7, 11) is 1.87. The fourth-order valence-electron chi connectivity index (χ4n) is 13.4. The number of aromatic amines is 1. The van der Waals surface area contributed by atoms with E-state index in [2.05, 4.69) is 163 Å². The molecule has 474 valence electrons. The van der Waals surface area contributed by atoms with Crippen molar-refractivity contribution in [3.05, 3.63) is 141 Å². The van der Waals surface area contributed by atoms with Gasteiger partial charge in [-0.2, -0.15) is 10.2 Å². The van der Waals surface area contributed by atoms with Crippen LogP contribution in [0.5, 0.6) is 17.2 Å². The van der Waals surface area contributed by atoms with Crippen molar-refractivity contribution in [3.8, 4) is 84.5 Å². The number of aromatic hydroxyl groups is 3. The van der Waals surface area contributed by atoms with Crippen molar-refractivity contribution >= 4 is 23.1 Å². The Hall–Kier alpha value is -9.38. The van der Waals surface area contributed by atoms with Crippen LogP contribution in [0, 0.1) is 0 Å². The number of rotatable bonds is 12. The van der Waals surface area contributed by atoms with E-state index in [1.807, 2.05) is 66.4 Å². The number of nitrogens with one attached hydrogen (secondary N) is 6. The summed E-state index contributed by atoms with van der Waals surface area (Å²) in [6, 6.07) is 17.7. The highest BCUT2D eigenvalue weighted by atomic mass is 16.3. The summed E-state index contributed by atoms with van der Waals surface area (Å²) in [5, 5.41) is 60.7. The molecule has 0 bridgehead atoms. The molecule has 0 radical (unpaired) electrons. The number of hydrogen-bond acceptors (Lipinski definition) is 19. The van der Waals surface area contributed by atoms with Gasteiger partial charge in [0, 0.05) is 130 Å². The van der Waals surface area contributed by atoms with Gasteiger partial charge in [0.05, 0.1) is 78.5 Å². The summed E-state index contributed by atoms with van der Waals surface area (Å²) in [5.74, 6) is 2.85. The Morgan fingerprint density at radius 2 is 1.02 bits per heavy atom. The number of fused-ring (bicyclic) bond motifs is 1. The van der Waals surface area contributed by atoms with Gasteiger partial charge in [-0.1, -0.05) is 18.2 Å². The normalized spacial score (nSPS) is 17.8. The van der Waals surface area contributed by atoms with E-state index >= 15 is 0 Å². The molecule has 3 aliphatic heterocycles. The van der Waals surface area contributed by atoms with E-state index in [0.29, 0.717) is 51.9 Å². The summed E-state index contributed by atoms with van der Waals surface area (Å²) < 4.78 is 3.64. The van der Waals surface area contributed by atoms with Crippen molar-refractivity contribution in [1.82, 2.24) is 80.2 Å². The molecule has 13 rings (SSSR count). The minimum atomic E-state index is 0.0531. The number of piperidine rings is 2. The first-order valence-corrected chi connectivity index (χ1v) is 31.0. The standard InChI is InChI=1S/C25H29N7O.C23H30N6O.C21H26N6O/c1-24(2)10-17(11-25(3,4)31-24)30-22-13-27-19(12-29-22)18-6-5-16(9-21(18)33)20-15-32-8-7-26-23(32)14-28-20;1-22(2)9-17(10-23(3,4)28-22)27-21-13-24-19(12-25-21)18-7-6-15(8-20(18)30)16-11-26-29(5)14-16;1-21(2,3)26-16-6-7-27(13-16)20-12-22-18(11-23-20)17-5-4-14(8-19(17)28)15-9-24-25-10-15/h5-9,12-15,17,31,33H,10-11H2,1-4H3,(H,29,30);6-8,11-14,17,28,30H,9-10H2,1-5H3,(H,25,27);4-5,8-12,16,26,28H,6-7,13H2,1-3H3,(H,24,25). The SMILES string of the molecule is CC(C)(C)NC1CCN(c2cnc(-c3ccc(-c4cn[nH]c4)cc3O)cn2)C1.CC1(C)CC(Nc2cnc(-c3ccc(-c4cn5ccnc5cn4)cc3O)cn2)CC(C)(C)N1.Cn1cc(-c2ccc(-c3cnc(NC4CC(C)(C)NC(C)(C)C4)cn3)c(O)c2)cn1. The summed E-state index contributed by atoms with van der Waals surface area (Å²) in [4.78, 5) is 38.3. The number of imidazole rings is 1. The molecule has 22 heteroatoms. The smallest absolute Gasteiger partial charge is 0.155 e. The Morgan fingerprint density at radius 1 is 0.516 bits per heavy atom. The van der Waals surface area contributed by atoms with Gasteiger partial charge in [0.25, 0.3) is 0 Å². The van der Waals surface area contributed by atoms with Crippen LogP contribution in [0.1, 0.15) is 108 Å². The molecule has 9 N–H and O–H groups in total. The van der Waals surface area contributed by atoms with E-state index in [0.717, 1.165) is 102 Å². The zero-order valence-electron chi connectivity index (χ0n) is 54.1. The molecule has 22 nitrogen and oxygen atoms in total. The molecule has 3 fully saturated rings. The lowest BCUT2D eigenvalue weighted by Gasteiger charge is -2.46. The van der Waals surface area contributed by atoms with Crippen molar-refractivity contribution < 1.29 is 15.3 Å². The molecule has 3 aromatic carbocycles. The lowest BCUT2D eigenvalue weighted by Crippen LogP contribution is -2.60. The van der Waals surface area contributed by atoms with Crippen molar-refractivity contribution in [1.29, 1.82) is 0 Å². The molecule has 91 heavy (non-hydrogen) atoms. The van der Waals surface area contributed by atoms with Crippen molar-refractivity contribution in [3.63, 3.8) is 0 Å². The third-order valence-electron chi connectivity index (χ3n) is 16.4. The van der Waals surface area contributed by atoms with Crippen LogP contribution >= 0.6 is 0 Å². The molecule has 3 saturated heterocycles. The van der Waals surface area contributed by atoms with Crippen LogP contribution < -0.4 is 31.5 Å². The monoisotopic (exact) mass is 1230 g/mol. The molecule has 0 amide bonds. The van der Waals surface area contributed by atoms with E-state index < -0.39 is 0 Å². The van der Waals surface area contributed by atoms with Gasteiger partial charge >= 0.3 is 0 Å². The number of anilines is 3. The lowest BCUT2D eigenvalue weighted by molar-refractivity contribution is 0.170. The Balaban J connectivity index is 0.000000141. The third kappa shape index (κ3) is 16.0. The minimum absolute atomic E-state index is 0.0531. The van der Waals surface area contributed by atoms with Gasteiger partial charge in [-0.25, -0.2) is 19.9 Å². The van der Waals surface area contributed by atoms with Crippen LogP contribution in [0.15, 0.2) is 141 Å². The maximum atomic E-state index is 10.7. The predicted octanol–water partition coefficient (Wildman–Crippen LogP) is 11.5. The van der Waals surface area contributed by atoms with E-state index in [1.165, 1.54) is 0 Å². The molecular formula is C69H85N19O3. The van der Waals surface area contributed by atoms with Gasteiger partial charge in [0.2, 0.25) is 0 Å². The van der Waals surface area contributed by atoms with Gasteiger partial charge in [0.1, 0.15) is 34.7 Å². The van der Waals surface area contributed by atoms with E-state index in [4.69, 9.17) is 0 Å². The highest BCUT2D eigenvalue weighted by molar-refractivity contribution is 5.76. The average molecular weight is 1230 g/mol. The van der Waals surface area contributed by atoms with Crippen molar-refractivity contribution in [2.24, 2.45) is 7.05 Å². The molecule has 1 atom stereocenters. The van der Waals surface area contributed by atoms with Crippen LogP contribution in [0.25, 0.3) is 72.9 Å². The van der Waals surface area contributed by atoms with Crippen LogP contribution in [0.3, 0.4) is 0 Å². The molecule has 0 aliphatic carbocycles. The van der Waals surface area contributed by atoms with Gasteiger partial charge in [0.15, 0.2) is 5.65 Å². The molecular weight excluding hydrogens is 1140 g/mol. The fraction of sp³-hybridized carbons (Fsp3) is 0.391. The number of hydrogen-bond donors (Lipinski definition) is 9. The summed E-state index contributed by atoms with van der Waals surface area (Å²) in [5.41, 5.74) is 10.2. The number of benzene rings is 3. The third-order valence-corrected chi connectivity index (χ3v) is 16.4. The molecule has 0 spiro atoms. The van der Waals surface area contributed by atoms with E-state index in [9.17, 15) is 15.3 Å². The number of phenolic OH excluding ortho intramolecular Hbond substituents is 3. The van der Waals surface area contributed by atoms with Crippen LogP contribution in [0.4, 0.5) is 17.5 Å². The fourth-order valence-corrected chi connectivity index (χ4v) is 13.4. The zero-order valence-corrected chi connectivity index (χ0v) is 54.1. The first-order valence-electron chi connectivity index (χ1n) is 31.0. The first-order chi connectivity index (χ1) is 43.2. The highest BCUT2D eigenvalue weighted by Gasteiger charge is 2.39. The predicted molar refractivity (Wildman–Crippen MR) is 359 cm³/mol. The second-order valence-corrected chi connectivity index (χ2v) is 28.0. The van der Waals surface area contributed by atoms with Crippen molar-refractivity contribution in [2.75, 3.05) is 28.6 Å². The Labute approximate surface area is 532 Å². The maximum Gasteiger partial charge on any atom is 0.155 e. The van der Waals surface area contributed by atoms with E-state index in [1.54, 1.807) is 91.0 Å². The number of aryl methyl sites for hydroxylation is 1. The lowest BCUT2D eigenvalue weighted by atomic mass is 9.79. The highest BCUT2D eigenvalue weighted by Crippen LogP contribution is 2.37. The van der Waals surface area contributed by atoms with E-state index in [-0.39, 0.29) is 44.9 Å². The molecule has 7 aromatic heterocycles. The quantitative estimate of drug-likeness (QED) is 0.0550. The van der Waals surface area contributed by atoms with Gasteiger partial charge in [-0.05, 0) is 156 Å².